The lowest BCUT2D eigenvalue weighted by atomic mass is 9.59. The maximum absolute atomic E-state index is 15.4. The Bertz CT molecular complexity index is 7960. The summed E-state index contributed by atoms with van der Waals surface area (Å²) in [6.45, 7) is 0. The van der Waals surface area contributed by atoms with E-state index in [9.17, 15) is 0 Å². The summed E-state index contributed by atoms with van der Waals surface area (Å²) in [4.78, 5) is 48.7. The van der Waals surface area contributed by atoms with Gasteiger partial charge in [0.15, 0.2) is 40.7 Å². The molecule has 0 atom stereocenters. The van der Waals surface area contributed by atoms with Crippen LogP contribution in [0.25, 0.3) is 224 Å². The molecule has 2 heterocycles. The molecule has 7 nitrogen and oxygen atoms in total. The number of carbonyl (C=O) groups excluding carboxylic acids is 1. The molecule has 2 aromatic heterocycles. The highest BCUT2D eigenvalue weighted by atomic mass is 16.1. The smallest absolute Gasteiger partial charge is 0.193 e. The maximum atomic E-state index is 15.4. The van der Waals surface area contributed by atoms with E-state index in [1.807, 2.05) is 24.3 Å². The number of hydrogen-bond donors (Lipinski definition) is 0. The van der Waals surface area contributed by atoms with Crippen LogP contribution in [0.4, 0.5) is 0 Å². The second-order valence-corrected chi connectivity index (χ2v) is 37.6. The van der Waals surface area contributed by atoms with Crippen molar-refractivity contribution in [3.05, 3.63) is 591 Å². The van der Waals surface area contributed by atoms with Gasteiger partial charge in [0.25, 0.3) is 0 Å². The van der Waals surface area contributed by atoms with E-state index in [1.165, 1.54) is 0 Å². The second kappa shape index (κ2) is 39.2. The van der Waals surface area contributed by atoms with Crippen molar-refractivity contribution in [3.63, 3.8) is 0 Å². The van der Waals surface area contributed by atoms with Gasteiger partial charge >= 0.3 is 0 Å². The van der Waals surface area contributed by atoms with E-state index in [1.54, 1.807) is 0 Å². The number of aromatic nitrogens is 6. The molecule has 7 heteroatoms. The number of fused-ring (bicyclic) bond motifs is 2. The van der Waals surface area contributed by atoms with Crippen LogP contribution in [0.1, 0.15) is 38.2 Å². The van der Waals surface area contributed by atoms with Gasteiger partial charge < -0.3 is 0 Å². The van der Waals surface area contributed by atoms with Crippen LogP contribution < -0.4 is 0 Å². The molecule has 0 bridgehead atoms. The second-order valence-electron chi connectivity index (χ2n) is 37.6. The average Bonchev–Trinajstić information content (AvgIpc) is 0.695. The molecule has 0 amide bonds. The van der Waals surface area contributed by atoms with E-state index < -0.39 is 5.41 Å². The molecule has 688 valence electrons. The van der Waals surface area contributed by atoms with Gasteiger partial charge in [-0.25, -0.2) is 29.9 Å². The van der Waals surface area contributed by atoms with Crippen LogP contribution in [-0.4, -0.2) is 35.7 Å². The van der Waals surface area contributed by atoms with Crippen LogP contribution in [0, 0.1) is 0 Å². The zero-order valence-electron chi connectivity index (χ0n) is 80.2. The summed E-state index contributed by atoms with van der Waals surface area (Å²) in [7, 11) is 0. The normalized spacial score (nSPS) is 11.9. The molecule has 0 saturated carbocycles. The van der Waals surface area contributed by atoms with E-state index in [2.05, 4.69) is 534 Å². The predicted molar refractivity (Wildman–Crippen MR) is 604 cm³/mol. The Hall–Kier alpha value is -19.5. The molecule has 25 rings (SSSR count). The highest BCUT2D eigenvalue weighted by molar-refractivity contribution is 6.14. The number of nitrogens with zero attached hydrogens (tertiary/aromatic N) is 6. The fourth-order valence-corrected chi connectivity index (χ4v) is 21.1. The van der Waals surface area contributed by atoms with Crippen LogP contribution >= 0.6 is 0 Å². The molecule has 0 fully saturated rings. The summed E-state index contributed by atoms with van der Waals surface area (Å²) in [5.74, 6) is 3.10. The Morgan fingerprint density at radius 2 is 0.252 bits per heavy atom. The summed E-state index contributed by atoms with van der Waals surface area (Å²) in [6.07, 6.45) is 0. The largest absolute Gasteiger partial charge is 0.289 e. The first-order valence-electron chi connectivity index (χ1n) is 49.8. The van der Waals surface area contributed by atoms with Crippen molar-refractivity contribution in [2.45, 2.75) is 5.41 Å². The van der Waals surface area contributed by atoms with Crippen molar-refractivity contribution < 1.29 is 4.79 Å². The van der Waals surface area contributed by atoms with Gasteiger partial charge in [0.1, 0.15) is 0 Å². The minimum absolute atomic E-state index is 0.0264. The fraction of sp³-hybridized carbons (Fsp3) is 0.00714. The molecule has 0 aliphatic heterocycles. The summed E-state index contributed by atoms with van der Waals surface area (Å²) in [5, 5.41) is 0. The molecule has 0 saturated heterocycles. The fourth-order valence-electron chi connectivity index (χ4n) is 21.1. The number of benzene rings is 22. The van der Waals surface area contributed by atoms with Gasteiger partial charge in [0.05, 0.1) is 5.41 Å². The summed E-state index contributed by atoms with van der Waals surface area (Å²) in [5.41, 5.74) is 39.0. The van der Waals surface area contributed by atoms with Gasteiger partial charge in [-0.2, -0.15) is 0 Å². The number of rotatable bonds is 22. The van der Waals surface area contributed by atoms with Gasteiger partial charge in [-0.15, -0.1) is 0 Å². The van der Waals surface area contributed by atoms with Crippen LogP contribution in [0.15, 0.2) is 558 Å². The Balaban J connectivity index is 0.614. The Morgan fingerprint density at radius 1 is 0.116 bits per heavy atom. The lowest BCUT2D eigenvalue weighted by molar-refractivity contribution is 0.103. The molecule has 1 aliphatic carbocycles. The van der Waals surface area contributed by atoms with Crippen LogP contribution in [0.3, 0.4) is 0 Å². The van der Waals surface area contributed by atoms with Crippen molar-refractivity contribution in [1.29, 1.82) is 0 Å². The highest BCUT2D eigenvalue weighted by Crippen LogP contribution is 2.53. The summed E-state index contributed by atoms with van der Waals surface area (Å²) < 4.78 is 0. The van der Waals surface area contributed by atoms with Crippen molar-refractivity contribution in [1.82, 2.24) is 29.9 Å². The zero-order valence-corrected chi connectivity index (χ0v) is 80.2. The number of hydrogen-bond acceptors (Lipinski definition) is 7. The Kier molecular flexibility index (Phi) is 23.7. The third-order valence-electron chi connectivity index (χ3n) is 28.3. The lowest BCUT2D eigenvalue weighted by Gasteiger charge is -2.42. The number of ketones is 1. The van der Waals surface area contributed by atoms with Gasteiger partial charge in [-0.05, 0) is 299 Å². The quantitative estimate of drug-likeness (QED) is 0.0667. The van der Waals surface area contributed by atoms with Gasteiger partial charge in [-0.3, -0.25) is 4.79 Å². The zero-order chi connectivity index (χ0) is 97.9. The van der Waals surface area contributed by atoms with Gasteiger partial charge in [-0.1, -0.05) is 437 Å². The van der Waals surface area contributed by atoms with E-state index in [0.717, 1.165) is 211 Å². The highest BCUT2D eigenvalue weighted by Gasteiger charge is 2.47. The van der Waals surface area contributed by atoms with Crippen molar-refractivity contribution in [2.24, 2.45) is 0 Å². The van der Waals surface area contributed by atoms with Gasteiger partial charge in [0, 0.05) is 44.5 Å². The van der Waals surface area contributed by atoms with Crippen LogP contribution in [0.5, 0.6) is 0 Å². The SMILES string of the molecule is O=C1c2ccccc2C(c2cccc(-c3cccc(-c4nc(-c5cccc(-c6cc(-c7ccccc7)cc(-c7ccccc7)c6)c5)nc(-c5cccc(-c6cc(-c7ccccc7)cc(-c7ccccc7)c6)c5)n4)c3)c2)(c2cccc(-c3cccc(-c4nc(-c5cccc(-c6cc(-c7ccccc7)cc(-c7ccccc7)c6)c5)nc(-c5cccc(-c6cc(-c7ccccc7)cc(-c7ccccc7)c6)c5)n4)c3)c2)c2ccccc21. The molecule has 0 radical (unpaired) electrons. The third kappa shape index (κ3) is 18.0. The third-order valence-corrected chi connectivity index (χ3v) is 28.3. The molecule has 1 aliphatic rings. The van der Waals surface area contributed by atoms with E-state index in [0.29, 0.717) is 46.1 Å². The first-order valence-corrected chi connectivity index (χ1v) is 49.8. The molecular weight excluding hydrogens is 1780 g/mol. The molecule has 0 N–H and O–H groups in total. The summed E-state index contributed by atoms with van der Waals surface area (Å²) in [6, 6.07) is 198. The maximum Gasteiger partial charge on any atom is 0.193 e. The topological polar surface area (TPSA) is 94.4 Å². The Morgan fingerprint density at radius 3 is 0.449 bits per heavy atom. The molecule has 0 spiro atoms. The monoisotopic (exact) mass is 1870 g/mol. The van der Waals surface area contributed by atoms with E-state index >= 15 is 4.79 Å². The van der Waals surface area contributed by atoms with Crippen molar-refractivity contribution in [2.75, 3.05) is 0 Å². The first-order chi connectivity index (χ1) is 72.7. The standard InChI is InChI=1S/C140H92N6O/c147-133-129-69-25-27-71-131(129)140(132-72-28-26-70-130(132)133,127-67-35-59-107(91-127)101-53-29-61-109(73-101)134-141-136(111-63-31-55-103(75-111)123-83-115(93-37-9-1-10-38-93)79-116(84-123)94-39-11-2-12-40-94)145-137(142-134)112-64-32-56-104(76-112)124-85-117(95-41-13-3-14-42-95)80-118(86-124)96-43-15-4-16-44-96)128-68-36-60-108(92-128)102-54-30-62-110(74-102)135-143-138(113-65-33-57-105(77-113)125-87-119(97-45-17-5-18-46-97)81-120(88-125)98-47-19-6-20-48-98)146-139(144-135)114-66-34-58-106(78-114)126-89-121(99-49-21-7-22-50-99)82-122(90-126)100-51-23-8-24-52-100/h1-92H. The minimum atomic E-state index is -1.06. The average molecular weight is 1870 g/mol. The van der Waals surface area contributed by atoms with E-state index in [-0.39, 0.29) is 5.78 Å². The molecular formula is C140H92N6O. The first kappa shape index (κ1) is 88.9. The lowest BCUT2D eigenvalue weighted by Crippen LogP contribution is -2.38. The van der Waals surface area contributed by atoms with Crippen LogP contribution in [0.2, 0.25) is 0 Å². The molecule has 147 heavy (non-hydrogen) atoms. The van der Waals surface area contributed by atoms with Gasteiger partial charge in [0.2, 0.25) is 0 Å². The van der Waals surface area contributed by atoms with Crippen LogP contribution in [-0.2, 0) is 5.41 Å². The molecule has 24 aromatic rings. The number of carbonyl (C=O) groups is 1. The molecule has 0 unspecified atom stereocenters. The minimum Gasteiger partial charge on any atom is -0.289 e. The van der Waals surface area contributed by atoms with Crippen molar-refractivity contribution in [3.8, 4) is 224 Å². The molecule has 22 aromatic carbocycles. The summed E-state index contributed by atoms with van der Waals surface area (Å²) >= 11 is 0. The van der Waals surface area contributed by atoms with E-state index in [4.69, 9.17) is 29.9 Å². The predicted octanol–water partition coefficient (Wildman–Crippen LogP) is 35.3. The Labute approximate surface area is 855 Å². The van der Waals surface area contributed by atoms with Crippen molar-refractivity contribution >= 4 is 5.78 Å².